The minimum Gasteiger partial charge on any atom is -0.354 e. The van der Waals surface area contributed by atoms with Gasteiger partial charge in [-0.05, 0) is 36.3 Å². The normalized spacial score (nSPS) is 13.2. The van der Waals surface area contributed by atoms with Gasteiger partial charge in [-0.25, -0.2) is 4.79 Å². The van der Waals surface area contributed by atoms with E-state index >= 15 is 0 Å². The highest BCUT2D eigenvalue weighted by Crippen LogP contribution is 2.17. The van der Waals surface area contributed by atoms with Gasteiger partial charge in [-0.2, -0.15) is 11.8 Å². The van der Waals surface area contributed by atoms with Crippen LogP contribution in [0.1, 0.15) is 31.2 Å². The number of benzene rings is 1. The molecule has 0 saturated heterocycles. The van der Waals surface area contributed by atoms with Crippen molar-refractivity contribution in [2.24, 2.45) is 5.73 Å². The molecule has 1 aromatic carbocycles. The average molecular weight is 323 g/mol. The van der Waals surface area contributed by atoms with Gasteiger partial charge in [-0.3, -0.25) is 4.79 Å². The number of thioether (sulfide) groups is 1. The Hall–Kier alpha value is -1.69. The SMILES string of the molecule is CSCC[C@H](NC(N)=O)C(=O)NCC[C@@H](C)c1ccccc1. The van der Waals surface area contributed by atoms with Crippen molar-refractivity contribution in [1.82, 2.24) is 10.6 Å². The second-order valence-electron chi connectivity index (χ2n) is 5.23. The van der Waals surface area contributed by atoms with Gasteiger partial charge in [0.25, 0.3) is 0 Å². The third-order valence-electron chi connectivity index (χ3n) is 3.49. The van der Waals surface area contributed by atoms with E-state index in [1.165, 1.54) is 5.56 Å². The van der Waals surface area contributed by atoms with Crippen LogP contribution in [0.5, 0.6) is 0 Å². The van der Waals surface area contributed by atoms with Gasteiger partial charge in [-0.1, -0.05) is 37.3 Å². The maximum Gasteiger partial charge on any atom is 0.312 e. The van der Waals surface area contributed by atoms with Gasteiger partial charge >= 0.3 is 6.03 Å². The first kappa shape index (κ1) is 18.4. The smallest absolute Gasteiger partial charge is 0.312 e. The van der Waals surface area contributed by atoms with E-state index in [0.717, 1.165) is 12.2 Å². The summed E-state index contributed by atoms with van der Waals surface area (Å²) in [5.74, 6) is 0.988. The number of carbonyl (C=O) groups is 2. The number of rotatable bonds is 9. The summed E-state index contributed by atoms with van der Waals surface area (Å²) in [4.78, 5) is 23.1. The number of amides is 3. The molecule has 0 heterocycles. The van der Waals surface area contributed by atoms with Gasteiger partial charge in [0.15, 0.2) is 0 Å². The molecule has 0 fully saturated rings. The van der Waals surface area contributed by atoms with Crippen molar-refractivity contribution < 1.29 is 9.59 Å². The molecule has 5 nitrogen and oxygen atoms in total. The maximum absolute atomic E-state index is 12.1. The zero-order valence-corrected chi connectivity index (χ0v) is 14.0. The highest BCUT2D eigenvalue weighted by molar-refractivity contribution is 7.98. The van der Waals surface area contributed by atoms with E-state index in [0.29, 0.717) is 18.9 Å². The van der Waals surface area contributed by atoms with Gasteiger partial charge in [0.05, 0.1) is 0 Å². The first-order chi connectivity index (χ1) is 10.5. The Balaban J connectivity index is 2.40. The molecule has 1 aromatic rings. The third kappa shape index (κ3) is 6.85. The molecule has 0 spiro atoms. The summed E-state index contributed by atoms with van der Waals surface area (Å²) in [5, 5.41) is 5.38. The summed E-state index contributed by atoms with van der Waals surface area (Å²) >= 11 is 1.63. The van der Waals surface area contributed by atoms with Crippen molar-refractivity contribution in [3.63, 3.8) is 0 Å². The molecular weight excluding hydrogens is 298 g/mol. The Kier molecular flexibility index (Phi) is 8.43. The van der Waals surface area contributed by atoms with Crippen LogP contribution in [0.4, 0.5) is 4.79 Å². The summed E-state index contributed by atoms with van der Waals surface area (Å²) in [6.07, 6.45) is 3.38. The molecule has 4 N–H and O–H groups in total. The monoisotopic (exact) mass is 323 g/mol. The number of carbonyl (C=O) groups excluding carboxylic acids is 2. The fourth-order valence-corrected chi connectivity index (χ4v) is 2.63. The van der Waals surface area contributed by atoms with Gasteiger partial charge < -0.3 is 16.4 Å². The van der Waals surface area contributed by atoms with Crippen LogP contribution in [0.15, 0.2) is 30.3 Å². The lowest BCUT2D eigenvalue weighted by Crippen LogP contribution is -2.49. The summed E-state index contributed by atoms with van der Waals surface area (Å²) in [6.45, 7) is 2.71. The highest BCUT2D eigenvalue weighted by Gasteiger charge is 2.19. The molecule has 1 rings (SSSR count). The maximum atomic E-state index is 12.1. The molecule has 22 heavy (non-hydrogen) atoms. The molecule has 0 bridgehead atoms. The number of hydrogen-bond acceptors (Lipinski definition) is 3. The fraction of sp³-hybridized carbons (Fsp3) is 0.500. The molecule has 2 atom stereocenters. The molecule has 6 heteroatoms. The molecule has 0 radical (unpaired) electrons. The van der Waals surface area contributed by atoms with E-state index in [2.05, 4.69) is 29.7 Å². The third-order valence-corrected chi connectivity index (χ3v) is 4.13. The van der Waals surface area contributed by atoms with Crippen LogP contribution in [-0.4, -0.2) is 36.5 Å². The van der Waals surface area contributed by atoms with E-state index in [1.807, 2.05) is 24.5 Å². The van der Waals surface area contributed by atoms with E-state index in [-0.39, 0.29) is 5.91 Å². The number of hydrogen-bond donors (Lipinski definition) is 3. The first-order valence-electron chi connectivity index (χ1n) is 7.42. The standard InChI is InChI=1S/C16H25N3O2S/c1-12(13-6-4-3-5-7-13)8-10-18-15(20)14(9-11-22-2)19-16(17)21/h3-7,12,14H,8-11H2,1-2H3,(H,18,20)(H3,17,19,21)/t12-,14+/m1/s1. The summed E-state index contributed by atoms with van der Waals surface area (Å²) in [5.41, 5.74) is 6.37. The lowest BCUT2D eigenvalue weighted by molar-refractivity contribution is -0.122. The van der Waals surface area contributed by atoms with Crippen molar-refractivity contribution in [1.29, 1.82) is 0 Å². The molecular formula is C16H25N3O2S. The van der Waals surface area contributed by atoms with Gasteiger partial charge in [0.2, 0.25) is 5.91 Å². The molecule has 0 saturated carbocycles. The van der Waals surface area contributed by atoms with Crippen LogP contribution in [0, 0.1) is 0 Å². The van der Waals surface area contributed by atoms with Gasteiger partial charge in [0.1, 0.15) is 6.04 Å². The van der Waals surface area contributed by atoms with E-state index in [9.17, 15) is 9.59 Å². The molecule has 0 aliphatic rings. The first-order valence-corrected chi connectivity index (χ1v) is 8.81. The quantitative estimate of drug-likeness (QED) is 0.650. The van der Waals surface area contributed by atoms with Crippen molar-refractivity contribution in [3.8, 4) is 0 Å². The Bertz CT molecular complexity index is 468. The minimum absolute atomic E-state index is 0.173. The highest BCUT2D eigenvalue weighted by atomic mass is 32.2. The lowest BCUT2D eigenvalue weighted by atomic mass is 9.98. The molecule has 0 unspecified atom stereocenters. The topological polar surface area (TPSA) is 84.2 Å². The van der Waals surface area contributed by atoms with E-state index in [1.54, 1.807) is 11.8 Å². The zero-order chi connectivity index (χ0) is 16.4. The number of nitrogens with one attached hydrogen (secondary N) is 2. The number of nitrogens with two attached hydrogens (primary N) is 1. The fourth-order valence-electron chi connectivity index (χ4n) is 2.16. The van der Waals surface area contributed by atoms with Crippen LogP contribution in [-0.2, 0) is 4.79 Å². The van der Waals surface area contributed by atoms with Crippen molar-refractivity contribution >= 4 is 23.7 Å². The lowest BCUT2D eigenvalue weighted by Gasteiger charge is -2.18. The van der Waals surface area contributed by atoms with Crippen LogP contribution in [0.2, 0.25) is 0 Å². The van der Waals surface area contributed by atoms with Crippen LogP contribution in [0.3, 0.4) is 0 Å². The van der Waals surface area contributed by atoms with Gasteiger partial charge in [0, 0.05) is 6.54 Å². The van der Waals surface area contributed by atoms with Gasteiger partial charge in [-0.15, -0.1) is 0 Å². The van der Waals surface area contributed by atoms with Crippen molar-refractivity contribution in [2.75, 3.05) is 18.6 Å². The Morgan fingerprint density at radius 2 is 1.91 bits per heavy atom. The molecule has 0 aromatic heterocycles. The molecule has 3 amide bonds. The van der Waals surface area contributed by atoms with Crippen LogP contribution >= 0.6 is 11.8 Å². The van der Waals surface area contributed by atoms with Crippen LogP contribution < -0.4 is 16.4 Å². The second-order valence-corrected chi connectivity index (χ2v) is 6.22. The minimum atomic E-state index is -0.668. The Morgan fingerprint density at radius 1 is 1.23 bits per heavy atom. The van der Waals surface area contributed by atoms with Crippen molar-refractivity contribution in [2.45, 2.75) is 31.7 Å². The zero-order valence-electron chi connectivity index (χ0n) is 13.2. The predicted octanol–water partition coefficient (Wildman–Crippen LogP) is 2.09. The summed E-state index contributed by atoms with van der Waals surface area (Å²) < 4.78 is 0. The largest absolute Gasteiger partial charge is 0.354 e. The average Bonchev–Trinajstić information content (AvgIpc) is 2.51. The summed E-state index contributed by atoms with van der Waals surface area (Å²) in [6, 6.07) is 8.96. The van der Waals surface area contributed by atoms with E-state index < -0.39 is 12.1 Å². The molecule has 0 aliphatic heterocycles. The molecule has 122 valence electrons. The van der Waals surface area contributed by atoms with Crippen LogP contribution in [0.25, 0.3) is 0 Å². The van der Waals surface area contributed by atoms with E-state index in [4.69, 9.17) is 5.73 Å². The summed E-state index contributed by atoms with van der Waals surface area (Å²) in [7, 11) is 0. The molecule has 0 aliphatic carbocycles. The second kappa shape index (κ2) is 10.1. The number of primary amides is 1. The Morgan fingerprint density at radius 3 is 2.50 bits per heavy atom. The van der Waals surface area contributed by atoms with Crippen molar-refractivity contribution in [3.05, 3.63) is 35.9 Å². The predicted molar refractivity (Wildman–Crippen MR) is 92.0 cm³/mol. The number of urea groups is 1. The Labute approximate surface area is 136 Å².